The molecule has 0 aliphatic rings. The largest absolute Gasteiger partial charge is 0.497 e. The fraction of sp³-hybridized carbons (Fsp3) is 0.440. The summed E-state index contributed by atoms with van der Waals surface area (Å²) < 4.78 is 32.4. The summed E-state index contributed by atoms with van der Waals surface area (Å²) in [7, 11) is -2.21. The summed E-state index contributed by atoms with van der Waals surface area (Å²) >= 11 is 3.41. The van der Waals surface area contributed by atoms with E-state index in [2.05, 4.69) is 21.2 Å². The molecular weight excluding hydrogens is 534 g/mol. The smallest absolute Gasteiger partial charge is 0.244 e. The second-order valence-electron chi connectivity index (χ2n) is 8.89. The minimum absolute atomic E-state index is 0.135. The number of benzene rings is 2. The van der Waals surface area contributed by atoms with Crippen LogP contribution in [0.2, 0.25) is 0 Å². The lowest BCUT2D eigenvalue weighted by molar-refractivity contribution is -0.139. The molecular formula is C25H34BrN3O5S. The highest BCUT2D eigenvalue weighted by Crippen LogP contribution is 2.25. The number of hydrogen-bond donors (Lipinski definition) is 1. The van der Waals surface area contributed by atoms with E-state index >= 15 is 0 Å². The molecule has 0 spiro atoms. The molecule has 0 aliphatic heterocycles. The van der Waals surface area contributed by atoms with Gasteiger partial charge in [-0.2, -0.15) is 0 Å². The average molecular weight is 569 g/mol. The molecule has 0 heterocycles. The first kappa shape index (κ1) is 28.6. The highest BCUT2D eigenvalue weighted by molar-refractivity contribution is 9.10. The molecule has 2 aromatic rings. The van der Waals surface area contributed by atoms with Crippen molar-refractivity contribution in [1.29, 1.82) is 0 Å². The van der Waals surface area contributed by atoms with Crippen LogP contribution >= 0.6 is 15.9 Å². The third-order valence-corrected chi connectivity index (χ3v) is 7.50. The number of sulfonamides is 1. The Bertz CT molecular complexity index is 1140. The van der Waals surface area contributed by atoms with Crippen molar-refractivity contribution in [2.45, 2.75) is 40.3 Å². The summed E-state index contributed by atoms with van der Waals surface area (Å²) in [6, 6.07) is 11.4. The molecule has 2 aromatic carbocycles. The molecule has 0 bridgehead atoms. The first-order valence-electron chi connectivity index (χ1n) is 11.3. The van der Waals surface area contributed by atoms with Gasteiger partial charge in [-0.3, -0.25) is 13.9 Å². The lowest BCUT2D eigenvalue weighted by Crippen LogP contribution is -2.51. The lowest BCUT2D eigenvalue weighted by Gasteiger charge is -2.31. The minimum Gasteiger partial charge on any atom is -0.497 e. The Kier molecular flexibility index (Phi) is 10.1. The quantitative estimate of drug-likeness (QED) is 0.446. The number of anilines is 1. The maximum atomic E-state index is 13.5. The van der Waals surface area contributed by atoms with E-state index in [-0.39, 0.29) is 18.4 Å². The summed E-state index contributed by atoms with van der Waals surface area (Å²) in [4.78, 5) is 27.8. The predicted octanol–water partition coefficient (Wildman–Crippen LogP) is 3.72. The number of rotatable bonds is 11. The second-order valence-corrected chi connectivity index (χ2v) is 11.6. The van der Waals surface area contributed by atoms with Gasteiger partial charge in [-0.05, 0) is 61.2 Å². The number of ether oxygens (including phenoxy) is 1. The maximum Gasteiger partial charge on any atom is 0.244 e. The molecule has 0 aliphatic carbocycles. The fourth-order valence-corrected chi connectivity index (χ4v) is 4.45. The highest BCUT2D eigenvalue weighted by Gasteiger charge is 2.30. The normalized spacial score (nSPS) is 12.2. The van der Waals surface area contributed by atoms with E-state index in [0.29, 0.717) is 18.0 Å². The number of nitrogens with one attached hydrogen (secondary N) is 1. The molecule has 2 amide bonds. The number of carbonyl (C=O) groups excluding carboxylic acids is 2. The van der Waals surface area contributed by atoms with Crippen molar-refractivity contribution in [3.05, 3.63) is 58.1 Å². The molecule has 8 nitrogen and oxygen atoms in total. The number of aryl methyl sites for hydroxylation is 1. The summed E-state index contributed by atoms with van der Waals surface area (Å²) in [5.74, 6) is 0.131. The van der Waals surface area contributed by atoms with Gasteiger partial charge in [0, 0.05) is 17.6 Å². The SMILES string of the molecule is COc1ccc(CN(C(=O)CN(c2ccc(Br)c(C)c2)S(C)(=O)=O)C(C)C(=O)NCC(C)C)cc1. The average Bonchev–Trinajstić information content (AvgIpc) is 2.80. The van der Waals surface area contributed by atoms with Crippen LogP contribution in [0.15, 0.2) is 46.9 Å². The number of nitrogens with zero attached hydrogens (tertiary/aromatic N) is 2. The van der Waals surface area contributed by atoms with Gasteiger partial charge in [0.25, 0.3) is 0 Å². The molecule has 0 saturated heterocycles. The number of halogens is 1. The molecule has 0 aromatic heterocycles. The van der Waals surface area contributed by atoms with Gasteiger partial charge in [0.05, 0.1) is 19.1 Å². The molecule has 1 atom stereocenters. The van der Waals surface area contributed by atoms with Gasteiger partial charge in [0.1, 0.15) is 18.3 Å². The van der Waals surface area contributed by atoms with Gasteiger partial charge in [-0.1, -0.05) is 41.9 Å². The van der Waals surface area contributed by atoms with Crippen molar-refractivity contribution in [3.63, 3.8) is 0 Å². The van der Waals surface area contributed by atoms with Crippen molar-refractivity contribution in [2.24, 2.45) is 5.92 Å². The number of amides is 2. The Morgan fingerprint density at radius 3 is 2.23 bits per heavy atom. The Balaban J connectivity index is 2.38. The molecule has 0 fully saturated rings. The molecule has 10 heteroatoms. The summed E-state index contributed by atoms with van der Waals surface area (Å²) in [6.07, 6.45) is 1.06. The van der Waals surface area contributed by atoms with E-state index in [1.807, 2.05) is 32.9 Å². The van der Waals surface area contributed by atoms with Gasteiger partial charge in [0.15, 0.2) is 0 Å². The standard InChI is InChI=1S/C25H34BrN3O5S/c1-17(2)14-27-25(31)19(4)28(15-20-7-10-22(34-5)11-8-20)24(30)16-29(35(6,32)33)21-9-12-23(26)18(3)13-21/h7-13,17,19H,14-16H2,1-6H3,(H,27,31). The monoisotopic (exact) mass is 567 g/mol. The topological polar surface area (TPSA) is 96.0 Å². The summed E-state index contributed by atoms with van der Waals surface area (Å²) in [5, 5.41) is 2.86. The highest BCUT2D eigenvalue weighted by atomic mass is 79.9. The van der Waals surface area contributed by atoms with Crippen LogP contribution in [-0.4, -0.2) is 57.6 Å². The van der Waals surface area contributed by atoms with Gasteiger partial charge in [-0.25, -0.2) is 8.42 Å². The molecule has 1 N–H and O–H groups in total. The van der Waals surface area contributed by atoms with Crippen LogP contribution in [0.3, 0.4) is 0 Å². The summed E-state index contributed by atoms with van der Waals surface area (Å²) in [5.41, 5.74) is 2.00. The number of carbonyl (C=O) groups is 2. The van der Waals surface area contributed by atoms with E-state index in [0.717, 1.165) is 26.2 Å². The zero-order chi connectivity index (χ0) is 26.3. The maximum absolute atomic E-state index is 13.5. The molecule has 1 unspecified atom stereocenters. The van der Waals surface area contributed by atoms with E-state index in [9.17, 15) is 18.0 Å². The first-order chi connectivity index (χ1) is 16.3. The third kappa shape index (κ3) is 8.24. The molecule has 0 radical (unpaired) electrons. The van der Waals surface area contributed by atoms with Crippen molar-refractivity contribution in [2.75, 3.05) is 30.8 Å². The van der Waals surface area contributed by atoms with Crippen LogP contribution in [0.4, 0.5) is 5.69 Å². The Morgan fingerprint density at radius 2 is 1.71 bits per heavy atom. The zero-order valence-corrected chi connectivity index (χ0v) is 23.4. The van der Waals surface area contributed by atoms with Crippen LogP contribution in [0, 0.1) is 12.8 Å². The zero-order valence-electron chi connectivity index (χ0n) is 21.0. The van der Waals surface area contributed by atoms with Crippen LogP contribution < -0.4 is 14.4 Å². The molecule has 192 valence electrons. The van der Waals surface area contributed by atoms with Gasteiger partial charge < -0.3 is 15.0 Å². The van der Waals surface area contributed by atoms with Crippen LogP contribution in [-0.2, 0) is 26.2 Å². The van der Waals surface area contributed by atoms with E-state index < -0.39 is 28.5 Å². The third-order valence-electron chi connectivity index (χ3n) is 5.47. The van der Waals surface area contributed by atoms with E-state index in [1.165, 1.54) is 4.90 Å². The van der Waals surface area contributed by atoms with Crippen molar-refractivity contribution < 1.29 is 22.7 Å². The van der Waals surface area contributed by atoms with Crippen LogP contribution in [0.25, 0.3) is 0 Å². The molecule has 0 saturated carbocycles. The van der Waals surface area contributed by atoms with Crippen molar-refractivity contribution in [3.8, 4) is 5.75 Å². The van der Waals surface area contributed by atoms with Gasteiger partial charge >= 0.3 is 0 Å². The molecule has 2 rings (SSSR count). The van der Waals surface area contributed by atoms with Crippen LogP contribution in [0.5, 0.6) is 5.75 Å². The Morgan fingerprint density at radius 1 is 1.09 bits per heavy atom. The van der Waals surface area contributed by atoms with Gasteiger partial charge in [0.2, 0.25) is 21.8 Å². The van der Waals surface area contributed by atoms with E-state index in [4.69, 9.17) is 4.74 Å². The predicted molar refractivity (Wildman–Crippen MR) is 142 cm³/mol. The second kappa shape index (κ2) is 12.4. The van der Waals surface area contributed by atoms with Crippen molar-refractivity contribution >= 4 is 43.5 Å². The fourth-order valence-electron chi connectivity index (χ4n) is 3.36. The first-order valence-corrected chi connectivity index (χ1v) is 13.9. The van der Waals surface area contributed by atoms with Crippen molar-refractivity contribution in [1.82, 2.24) is 10.2 Å². The molecule has 35 heavy (non-hydrogen) atoms. The Labute approximate surface area is 216 Å². The van der Waals surface area contributed by atoms with E-state index in [1.54, 1.807) is 44.4 Å². The van der Waals surface area contributed by atoms with Gasteiger partial charge in [-0.15, -0.1) is 0 Å². The minimum atomic E-state index is -3.77. The van der Waals surface area contributed by atoms with Crippen LogP contribution in [0.1, 0.15) is 31.9 Å². The lowest BCUT2D eigenvalue weighted by atomic mass is 10.1. The summed E-state index contributed by atoms with van der Waals surface area (Å²) in [6.45, 7) is 7.62. The Hall–Kier alpha value is -2.59. The number of hydrogen-bond acceptors (Lipinski definition) is 5. The number of methoxy groups -OCH3 is 1.